The molecule has 0 spiro atoms. The van der Waals surface area contributed by atoms with E-state index in [0.29, 0.717) is 33.2 Å². The van der Waals surface area contributed by atoms with Gasteiger partial charge in [0.15, 0.2) is 0 Å². The second-order valence-electron chi connectivity index (χ2n) is 6.47. The molecule has 0 aliphatic heterocycles. The van der Waals surface area contributed by atoms with Gasteiger partial charge in [0.05, 0.1) is 15.9 Å². The maximum Gasteiger partial charge on any atom is 0.266 e. The van der Waals surface area contributed by atoms with Crippen LogP contribution in [0.5, 0.6) is 5.75 Å². The molecule has 146 valence electrons. The Morgan fingerprint density at radius 1 is 1.17 bits per heavy atom. The number of nitrogens with two attached hydrogens (primary N) is 1. The molecule has 1 atom stereocenters. The summed E-state index contributed by atoms with van der Waals surface area (Å²) in [6.45, 7) is 1.84. The maximum atomic E-state index is 11.6. The molecule has 0 bridgehead atoms. The lowest BCUT2D eigenvalue weighted by atomic mass is 10.0. The number of aromatic nitrogens is 5. The zero-order valence-corrected chi connectivity index (χ0v) is 16.5. The fraction of sp³-hybridized carbons (Fsp3) is 0.150. The fourth-order valence-corrected chi connectivity index (χ4v) is 3.22. The summed E-state index contributed by atoms with van der Waals surface area (Å²) in [5.41, 5.74) is 8.82. The highest BCUT2D eigenvalue weighted by atomic mass is 35.5. The van der Waals surface area contributed by atoms with E-state index in [1.54, 1.807) is 37.6 Å². The molecule has 4 rings (SSSR count). The monoisotopic (exact) mass is 408 g/mol. The number of aryl methyl sites for hydroxylation is 1. The number of pyridine rings is 1. The number of hydrogen-bond acceptors (Lipinski definition) is 7. The van der Waals surface area contributed by atoms with Crippen molar-refractivity contribution < 1.29 is 4.74 Å². The molecule has 0 aliphatic carbocycles. The molecule has 0 saturated heterocycles. The van der Waals surface area contributed by atoms with Crippen LogP contribution in [0.25, 0.3) is 22.0 Å². The maximum absolute atomic E-state index is 11.6. The summed E-state index contributed by atoms with van der Waals surface area (Å²) in [7, 11) is 1.59. The van der Waals surface area contributed by atoms with E-state index in [1.165, 1.54) is 17.1 Å². The highest BCUT2D eigenvalue weighted by Gasteiger charge is 2.17. The average Bonchev–Trinajstić information content (AvgIpc) is 2.70. The molecule has 2 N–H and O–H groups in total. The molecule has 4 aromatic rings. The van der Waals surface area contributed by atoms with Crippen LogP contribution in [0.3, 0.4) is 0 Å². The molecule has 0 amide bonds. The van der Waals surface area contributed by atoms with Crippen LogP contribution >= 0.6 is 11.6 Å². The quantitative estimate of drug-likeness (QED) is 0.552. The van der Waals surface area contributed by atoms with Crippen molar-refractivity contribution >= 4 is 28.3 Å². The van der Waals surface area contributed by atoms with Gasteiger partial charge in [-0.2, -0.15) is 5.10 Å². The number of anilines is 1. The normalized spacial score (nSPS) is 12.1. The minimum absolute atomic E-state index is 0.191. The van der Waals surface area contributed by atoms with Crippen LogP contribution in [0, 0.1) is 0 Å². The molecule has 3 aromatic heterocycles. The van der Waals surface area contributed by atoms with E-state index < -0.39 is 6.10 Å². The second kappa shape index (κ2) is 7.48. The van der Waals surface area contributed by atoms with E-state index in [-0.39, 0.29) is 5.56 Å². The van der Waals surface area contributed by atoms with Gasteiger partial charge in [-0.3, -0.25) is 9.78 Å². The van der Waals surface area contributed by atoms with Crippen LogP contribution in [0.4, 0.5) is 5.82 Å². The topological polar surface area (TPSA) is 109 Å². The number of hydrogen-bond donors (Lipinski definition) is 1. The van der Waals surface area contributed by atoms with Crippen molar-refractivity contribution in [1.29, 1.82) is 0 Å². The van der Waals surface area contributed by atoms with Crippen LogP contribution in [0.1, 0.15) is 18.7 Å². The molecule has 0 saturated carbocycles. The van der Waals surface area contributed by atoms with Crippen molar-refractivity contribution in [2.24, 2.45) is 7.05 Å². The molecule has 0 radical (unpaired) electrons. The first-order chi connectivity index (χ1) is 13.9. The Balaban J connectivity index is 1.81. The third kappa shape index (κ3) is 3.62. The van der Waals surface area contributed by atoms with Gasteiger partial charge in [0.2, 0.25) is 0 Å². The zero-order valence-electron chi connectivity index (χ0n) is 15.7. The van der Waals surface area contributed by atoms with Crippen molar-refractivity contribution in [3.05, 3.63) is 70.1 Å². The second-order valence-corrected chi connectivity index (χ2v) is 6.90. The summed E-state index contributed by atoms with van der Waals surface area (Å²) in [4.78, 5) is 24.2. The van der Waals surface area contributed by atoms with Crippen LogP contribution in [0.2, 0.25) is 5.02 Å². The zero-order chi connectivity index (χ0) is 20.5. The van der Waals surface area contributed by atoms with E-state index >= 15 is 0 Å². The minimum Gasteiger partial charge on any atom is -0.483 e. The van der Waals surface area contributed by atoms with E-state index in [1.807, 2.05) is 13.0 Å². The number of benzene rings is 1. The van der Waals surface area contributed by atoms with Gasteiger partial charge in [-0.1, -0.05) is 11.6 Å². The van der Waals surface area contributed by atoms with Gasteiger partial charge in [0.1, 0.15) is 29.7 Å². The third-order valence-electron chi connectivity index (χ3n) is 4.50. The Hall–Kier alpha value is -3.52. The van der Waals surface area contributed by atoms with Crippen molar-refractivity contribution in [2.75, 3.05) is 5.73 Å². The molecule has 0 fully saturated rings. The van der Waals surface area contributed by atoms with E-state index in [9.17, 15) is 4.79 Å². The number of rotatable bonds is 4. The highest BCUT2D eigenvalue weighted by Crippen LogP contribution is 2.37. The number of ether oxygens (including phenoxy) is 1. The van der Waals surface area contributed by atoms with E-state index in [4.69, 9.17) is 22.1 Å². The molecular weight excluding hydrogens is 392 g/mol. The van der Waals surface area contributed by atoms with Crippen molar-refractivity contribution in [3.8, 4) is 16.9 Å². The van der Waals surface area contributed by atoms with Crippen molar-refractivity contribution in [1.82, 2.24) is 24.7 Å². The summed E-state index contributed by atoms with van der Waals surface area (Å²) >= 11 is 6.09. The summed E-state index contributed by atoms with van der Waals surface area (Å²) in [6.07, 6.45) is 4.25. The van der Waals surface area contributed by atoms with Crippen LogP contribution in [0.15, 0.2) is 53.8 Å². The average molecular weight is 409 g/mol. The molecule has 1 aromatic carbocycles. The predicted octanol–water partition coefficient (Wildman–Crippen LogP) is 3.16. The number of nitrogens with zero attached hydrogens (tertiary/aromatic N) is 5. The number of halogens is 1. The van der Waals surface area contributed by atoms with Gasteiger partial charge >= 0.3 is 0 Å². The lowest BCUT2D eigenvalue weighted by Gasteiger charge is -2.18. The minimum atomic E-state index is -0.428. The summed E-state index contributed by atoms with van der Waals surface area (Å²) in [5, 5.41) is 5.35. The summed E-state index contributed by atoms with van der Waals surface area (Å²) < 4.78 is 7.39. The molecule has 9 heteroatoms. The van der Waals surface area contributed by atoms with Gasteiger partial charge in [-0.25, -0.2) is 14.6 Å². The first-order valence-corrected chi connectivity index (χ1v) is 9.17. The molecule has 3 heterocycles. The highest BCUT2D eigenvalue weighted by molar-refractivity contribution is 6.30. The van der Waals surface area contributed by atoms with Gasteiger partial charge in [-0.05, 0) is 31.2 Å². The third-order valence-corrected chi connectivity index (χ3v) is 4.70. The van der Waals surface area contributed by atoms with Crippen LogP contribution < -0.4 is 16.0 Å². The van der Waals surface area contributed by atoms with E-state index in [2.05, 4.69) is 20.1 Å². The van der Waals surface area contributed by atoms with Gasteiger partial charge < -0.3 is 10.5 Å². The van der Waals surface area contributed by atoms with Gasteiger partial charge in [-0.15, -0.1) is 0 Å². The predicted molar refractivity (Wildman–Crippen MR) is 111 cm³/mol. The Labute approximate surface area is 171 Å². The standard InChI is InChI=1S/C20H17ClN6O2/c1-11(15-4-6-17(28)27(2)26-15)29-16-5-3-14(12-7-13(21)9-23-8-12)19-18(16)20(22)25-10-24-19/h3-11H,1-2H3,(H2,22,24,25)/t11-/m1/s1. The number of fused-ring (bicyclic) bond motifs is 1. The van der Waals surface area contributed by atoms with Crippen molar-refractivity contribution in [3.63, 3.8) is 0 Å². The molecule has 0 unspecified atom stereocenters. The SMILES string of the molecule is C[C@@H](Oc1ccc(-c2cncc(Cl)c2)c2ncnc(N)c12)c1ccc(=O)n(C)n1. The first kappa shape index (κ1) is 18.8. The Morgan fingerprint density at radius 3 is 2.76 bits per heavy atom. The lowest BCUT2D eigenvalue weighted by molar-refractivity contribution is 0.222. The lowest BCUT2D eigenvalue weighted by Crippen LogP contribution is -2.21. The van der Waals surface area contributed by atoms with Crippen LogP contribution in [-0.4, -0.2) is 24.7 Å². The largest absolute Gasteiger partial charge is 0.483 e. The summed E-state index contributed by atoms with van der Waals surface area (Å²) in [6, 6.07) is 8.57. The Bertz CT molecular complexity index is 1270. The smallest absolute Gasteiger partial charge is 0.266 e. The fourth-order valence-electron chi connectivity index (χ4n) is 3.05. The van der Waals surface area contributed by atoms with Gasteiger partial charge in [0, 0.05) is 36.6 Å². The van der Waals surface area contributed by atoms with Gasteiger partial charge in [0.25, 0.3) is 5.56 Å². The molecule has 0 aliphatic rings. The Kier molecular flexibility index (Phi) is 4.85. The number of nitrogen functional groups attached to an aromatic ring is 1. The Morgan fingerprint density at radius 2 is 2.00 bits per heavy atom. The van der Waals surface area contributed by atoms with Crippen molar-refractivity contribution in [2.45, 2.75) is 13.0 Å². The summed E-state index contributed by atoms with van der Waals surface area (Å²) in [5.74, 6) is 0.808. The van der Waals surface area contributed by atoms with Crippen LogP contribution in [-0.2, 0) is 7.05 Å². The molecule has 29 heavy (non-hydrogen) atoms. The first-order valence-electron chi connectivity index (χ1n) is 8.79. The van der Waals surface area contributed by atoms with E-state index in [0.717, 1.165) is 11.1 Å². The molecular formula is C20H17ClN6O2. The molecule has 8 nitrogen and oxygen atoms in total.